The van der Waals surface area contributed by atoms with E-state index in [4.69, 9.17) is 10.00 Å². The molecular weight excluding hydrogens is 216 g/mol. The molecule has 0 radical (unpaired) electrons. The lowest BCUT2D eigenvalue weighted by Crippen LogP contribution is -2.49. The maximum absolute atomic E-state index is 8.85. The highest BCUT2D eigenvalue weighted by molar-refractivity contribution is 5.35. The van der Waals surface area contributed by atoms with Crippen LogP contribution in [0.1, 0.15) is 26.0 Å². The monoisotopic (exact) mass is 232 g/mol. The van der Waals surface area contributed by atoms with Crippen LogP contribution in [-0.2, 0) is 4.74 Å². The van der Waals surface area contributed by atoms with E-state index < -0.39 is 0 Å². The lowest BCUT2D eigenvalue weighted by Gasteiger charge is -2.38. The van der Waals surface area contributed by atoms with Crippen molar-refractivity contribution in [2.75, 3.05) is 18.1 Å². The SMILES string of the molecule is CCC1COC(C)CN1c1nccc(C#N)n1. The minimum absolute atomic E-state index is 0.173. The first-order valence-corrected chi connectivity index (χ1v) is 5.86. The molecule has 0 saturated carbocycles. The normalized spacial score (nSPS) is 24.4. The molecule has 1 aromatic rings. The van der Waals surface area contributed by atoms with Crippen molar-refractivity contribution in [3.8, 4) is 6.07 Å². The van der Waals surface area contributed by atoms with Gasteiger partial charge in [0, 0.05) is 12.7 Å². The van der Waals surface area contributed by atoms with Crippen molar-refractivity contribution in [3.63, 3.8) is 0 Å². The molecule has 5 nitrogen and oxygen atoms in total. The number of aromatic nitrogens is 2. The van der Waals surface area contributed by atoms with E-state index in [1.54, 1.807) is 12.3 Å². The van der Waals surface area contributed by atoms with Crippen molar-refractivity contribution in [1.82, 2.24) is 9.97 Å². The van der Waals surface area contributed by atoms with Crippen molar-refractivity contribution in [3.05, 3.63) is 18.0 Å². The Morgan fingerprint density at radius 1 is 1.65 bits per heavy atom. The van der Waals surface area contributed by atoms with Gasteiger partial charge in [0.25, 0.3) is 0 Å². The zero-order chi connectivity index (χ0) is 12.3. The van der Waals surface area contributed by atoms with Crippen LogP contribution in [-0.4, -0.2) is 35.3 Å². The molecule has 1 aliphatic heterocycles. The van der Waals surface area contributed by atoms with Gasteiger partial charge in [0.2, 0.25) is 5.95 Å². The molecule has 5 heteroatoms. The van der Waals surface area contributed by atoms with Crippen molar-refractivity contribution in [2.45, 2.75) is 32.4 Å². The zero-order valence-corrected chi connectivity index (χ0v) is 10.1. The fraction of sp³-hybridized carbons (Fsp3) is 0.583. The molecule has 1 aliphatic rings. The lowest BCUT2D eigenvalue weighted by molar-refractivity contribution is 0.0292. The van der Waals surface area contributed by atoms with Crippen LogP contribution in [0.2, 0.25) is 0 Å². The number of morpholine rings is 1. The van der Waals surface area contributed by atoms with Gasteiger partial charge in [-0.05, 0) is 19.4 Å². The Hall–Kier alpha value is -1.67. The third-order valence-electron chi connectivity index (χ3n) is 2.95. The number of nitrogens with zero attached hydrogens (tertiary/aromatic N) is 4. The molecule has 0 bridgehead atoms. The maximum Gasteiger partial charge on any atom is 0.226 e. The summed E-state index contributed by atoms with van der Waals surface area (Å²) in [5.74, 6) is 0.631. The predicted molar refractivity (Wildman–Crippen MR) is 63.6 cm³/mol. The van der Waals surface area contributed by atoms with Crippen LogP contribution < -0.4 is 4.90 Å². The van der Waals surface area contributed by atoms with Crippen LogP contribution in [0.4, 0.5) is 5.95 Å². The fourth-order valence-electron chi connectivity index (χ4n) is 1.98. The van der Waals surface area contributed by atoms with E-state index in [2.05, 4.69) is 21.8 Å². The molecule has 0 aliphatic carbocycles. The highest BCUT2D eigenvalue weighted by atomic mass is 16.5. The minimum Gasteiger partial charge on any atom is -0.375 e. The second-order valence-corrected chi connectivity index (χ2v) is 4.21. The summed E-state index contributed by atoms with van der Waals surface area (Å²) in [5.41, 5.74) is 0.406. The van der Waals surface area contributed by atoms with Crippen LogP contribution in [0.5, 0.6) is 0 Å². The molecule has 0 aromatic carbocycles. The lowest BCUT2D eigenvalue weighted by atomic mass is 10.1. The molecule has 0 spiro atoms. The number of nitriles is 1. The topological polar surface area (TPSA) is 62.0 Å². The van der Waals surface area contributed by atoms with Gasteiger partial charge in [-0.2, -0.15) is 5.26 Å². The molecule has 1 saturated heterocycles. The van der Waals surface area contributed by atoms with Gasteiger partial charge in [-0.25, -0.2) is 9.97 Å². The summed E-state index contributed by atoms with van der Waals surface area (Å²) in [7, 11) is 0. The fourth-order valence-corrected chi connectivity index (χ4v) is 1.98. The van der Waals surface area contributed by atoms with Crippen molar-refractivity contribution in [2.24, 2.45) is 0 Å². The van der Waals surface area contributed by atoms with E-state index in [0.717, 1.165) is 13.0 Å². The first-order valence-electron chi connectivity index (χ1n) is 5.86. The highest BCUT2D eigenvalue weighted by Gasteiger charge is 2.27. The first kappa shape index (κ1) is 11.8. The van der Waals surface area contributed by atoms with Crippen LogP contribution in [0.25, 0.3) is 0 Å². The molecule has 2 rings (SSSR count). The third-order valence-corrected chi connectivity index (χ3v) is 2.95. The van der Waals surface area contributed by atoms with Crippen LogP contribution in [0, 0.1) is 11.3 Å². The minimum atomic E-state index is 0.173. The van der Waals surface area contributed by atoms with Gasteiger partial charge in [0.1, 0.15) is 11.8 Å². The van der Waals surface area contributed by atoms with E-state index in [9.17, 15) is 0 Å². The second kappa shape index (κ2) is 5.11. The van der Waals surface area contributed by atoms with E-state index >= 15 is 0 Å². The molecule has 1 aromatic heterocycles. The molecule has 2 atom stereocenters. The first-order chi connectivity index (χ1) is 8.24. The van der Waals surface area contributed by atoms with Crippen molar-refractivity contribution >= 4 is 5.95 Å². The van der Waals surface area contributed by atoms with E-state index in [-0.39, 0.29) is 6.10 Å². The Bertz CT molecular complexity index is 429. The van der Waals surface area contributed by atoms with Gasteiger partial charge in [0.05, 0.1) is 18.8 Å². The third kappa shape index (κ3) is 2.53. The average molecular weight is 232 g/mol. The Morgan fingerprint density at radius 2 is 2.47 bits per heavy atom. The smallest absolute Gasteiger partial charge is 0.226 e. The Morgan fingerprint density at radius 3 is 3.18 bits per heavy atom. The van der Waals surface area contributed by atoms with E-state index in [1.807, 2.05) is 13.0 Å². The maximum atomic E-state index is 8.85. The van der Waals surface area contributed by atoms with Crippen LogP contribution in [0.15, 0.2) is 12.3 Å². The second-order valence-electron chi connectivity index (χ2n) is 4.21. The zero-order valence-electron chi connectivity index (χ0n) is 10.1. The number of ether oxygens (including phenoxy) is 1. The largest absolute Gasteiger partial charge is 0.375 e. The number of rotatable bonds is 2. The molecule has 2 heterocycles. The van der Waals surface area contributed by atoms with E-state index in [1.165, 1.54) is 0 Å². The predicted octanol–water partition coefficient (Wildman–Crippen LogP) is 1.35. The van der Waals surface area contributed by atoms with Gasteiger partial charge < -0.3 is 9.64 Å². The summed E-state index contributed by atoms with van der Waals surface area (Å²) in [6, 6.07) is 3.95. The summed E-state index contributed by atoms with van der Waals surface area (Å²) in [4.78, 5) is 10.6. The average Bonchev–Trinajstić information content (AvgIpc) is 2.39. The van der Waals surface area contributed by atoms with Gasteiger partial charge in [0.15, 0.2) is 0 Å². The van der Waals surface area contributed by atoms with Crippen LogP contribution in [0.3, 0.4) is 0 Å². The molecule has 90 valence electrons. The van der Waals surface area contributed by atoms with Crippen LogP contribution >= 0.6 is 0 Å². The molecule has 0 amide bonds. The van der Waals surface area contributed by atoms with Gasteiger partial charge >= 0.3 is 0 Å². The number of anilines is 1. The Labute approximate surface area is 101 Å². The molecule has 0 N–H and O–H groups in total. The summed E-state index contributed by atoms with van der Waals surface area (Å²) < 4.78 is 5.63. The summed E-state index contributed by atoms with van der Waals surface area (Å²) in [5, 5.41) is 8.85. The summed E-state index contributed by atoms with van der Waals surface area (Å²) in [6.45, 7) is 5.61. The molecule has 2 unspecified atom stereocenters. The Balaban J connectivity index is 2.26. The van der Waals surface area contributed by atoms with Gasteiger partial charge in [-0.3, -0.25) is 0 Å². The molecular formula is C12H16N4O. The molecule has 1 fully saturated rings. The quantitative estimate of drug-likeness (QED) is 0.770. The summed E-state index contributed by atoms with van der Waals surface area (Å²) in [6.07, 6.45) is 2.78. The van der Waals surface area contributed by atoms with Gasteiger partial charge in [-0.1, -0.05) is 6.92 Å². The Kier molecular flexibility index (Phi) is 3.55. The van der Waals surface area contributed by atoms with Crippen molar-refractivity contribution in [1.29, 1.82) is 5.26 Å². The number of hydrogen-bond donors (Lipinski definition) is 0. The number of hydrogen-bond acceptors (Lipinski definition) is 5. The molecule has 17 heavy (non-hydrogen) atoms. The van der Waals surface area contributed by atoms with E-state index in [0.29, 0.717) is 24.3 Å². The standard InChI is InChI=1S/C12H16N4O/c1-3-11-8-17-9(2)7-16(11)12-14-5-4-10(6-13)15-12/h4-5,9,11H,3,7-8H2,1-2H3. The summed E-state index contributed by atoms with van der Waals surface area (Å²) >= 11 is 0. The van der Waals surface area contributed by atoms with Gasteiger partial charge in [-0.15, -0.1) is 0 Å². The van der Waals surface area contributed by atoms with Crippen molar-refractivity contribution < 1.29 is 4.74 Å². The highest BCUT2D eigenvalue weighted by Crippen LogP contribution is 2.19.